The van der Waals surface area contributed by atoms with Crippen LogP contribution in [0.15, 0.2) is 0 Å². The second kappa shape index (κ2) is 6.71. The van der Waals surface area contributed by atoms with E-state index in [1.54, 1.807) is 0 Å². The predicted octanol–water partition coefficient (Wildman–Crippen LogP) is 0.884. The van der Waals surface area contributed by atoms with Crippen LogP contribution in [0.3, 0.4) is 0 Å². The molecule has 1 heterocycles. The van der Waals surface area contributed by atoms with Gasteiger partial charge in [0.25, 0.3) is 0 Å². The van der Waals surface area contributed by atoms with Gasteiger partial charge in [-0.1, -0.05) is 13.8 Å². The molecule has 0 amide bonds. The summed E-state index contributed by atoms with van der Waals surface area (Å²) >= 11 is 0. The number of nitrogens with zero attached hydrogens (tertiary/aromatic N) is 1. The molecule has 1 aliphatic rings. The Labute approximate surface area is 106 Å². The molecule has 1 rings (SSSR count). The average Bonchev–Trinajstić information content (AvgIpc) is 2.19. The maximum absolute atomic E-state index is 11.4. The van der Waals surface area contributed by atoms with Crippen LogP contribution in [0.1, 0.15) is 33.6 Å². The van der Waals surface area contributed by atoms with E-state index in [0.29, 0.717) is 24.1 Å². The van der Waals surface area contributed by atoms with Gasteiger partial charge < -0.3 is 5.32 Å². The van der Waals surface area contributed by atoms with Gasteiger partial charge in [-0.25, -0.2) is 8.42 Å². The van der Waals surface area contributed by atoms with Gasteiger partial charge in [-0.2, -0.15) is 0 Å². The maximum atomic E-state index is 11.4. The molecule has 102 valence electrons. The van der Waals surface area contributed by atoms with Crippen LogP contribution in [0.2, 0.25) is 0 Å². The molecule has 1 aliphatic heterocycles. The Morgan fingerprint density at radius 2 is 2.06 bits per heavy atom. The smallest absolute Gasteiger partial charge is 0.153 e. The van der Waals surface area contributed by atoms with Crippen molar-refractivity contribution in [2.24, 2.45) is 0 Å². The third-order valence-electron chi connectivity index (χ3n) is 3.23. The molecule has 0 radical (unpaired) electrons. The number of hydrogen-bond acceptors (Lipinski definition) is 4. The Kier molecular flexibility index (Phi) is 5.89. The first-order chi connectivity index (χ1) is 7.91. The quantitative estimate of drug-likeness (QED) is 0.722. The van der Waals surface area contributed by atoms with Gasteiger partial charge >= 0.3 is 0 Å². The van der Waals surface area contributed by atoms with Gasteiger partial charge in [0.2, 0.25) is 0 Å². The fourth-order valence-corrected chi connectivity index (χ4v) is 3.82. The van der Waals surface area contributed by atoms with Crippen molar-refractivity contribution in [1.82, 2.24) is 10.2 Å². The molecule has 17 heavy (non-hydrogen) atoms. The van der Waals surface area contributed by atoms with Crippen molar-refractivity contribution >= 4 is 9.84 Å². The molecule has 0 saturated carbocycles. The largest absolute Gasteiger partial charge is 0.315 e. The molecular formula is C12H26N2O2S. The van der Waals surface area contributed by atoms with Crippen molar-refractivity contribution in [3.63, 3.8) is 0 Å². The monoisotopic (exact) mass is 262 g/mol. The highest BCUT2D eigenvalue weighted by Crippen LogP contribution is 2.11. The van der Waals surface area contributed by atoms with Gasteiger partial charge in [-0.05, 0) is 32.9 Å². The van der Waals surface area contributed by atoms with Crippen molar-refractivity contribution in [3.8, 4) is 0 Å². The molecule has 0 aromatic heterocycles. The van der Waals surface area contributed by atoms with Crippen LogP contribution in [-0.2, 0) is 9.84 Å². The average molecular weight is 262 g/mol. The van der Waals surface area contributed by atoms with E-state index in [9.17, 15) is 8.42 Å². The van der Waals surface area contributed by atoms with E-state index < -0.39 is 9.84 Å². The molecule has 1 N–H and O–H groups in total. The summed E-state index contributed by atoms with van der Waals surface area (Å²) in [5, 5.41) is 3.39. The maximum Gasteiger partial charge on any atom is 0.153 e. The van der Waals surface area contributed by atoms with E-state index >= 15 is 0 Å². The van der Waals surface area contributed by atoms with Crippen molar-refractivity contribution < 1.29 is 8.42 Å². The summed E-state index contributed by atoms with van der Waals surface area (Å²) in [5.74, 6) is 0.666. The zero-order valence-corrected chi connectivity index (χ0v) is 12.1. The van der Waals surface area contributed by atoms with Crippen molar-refractivity contribution in [3.05, 3.63) is 0 Å². The van der Waals surface area contributed by atoms with Crippen LogP contribution in [0.4, 0.5) is 0 Å². The zero-order chi connectivity index (χ0) is 12.9. The summed E-state index contributed by atoms with van der Waals surface area (Å²) < 4.78 is 22.8. The third-order valence-corrected chi connectivity index (χ3v) is 5.03. The molecule has 1 atom stereocenters. The molecule has 1 unspecified atom stereocenters. The van der Waals surface area contributed by atoms with E-state index in [0.717, 1.165) is 25.9 Å². The molecule has 4 nitrogen and oxygen atoms in total. The summed E-state index contributed by atoms with van der Waals surface area (Å²) in [6, 6.07) is 0.737. The molecule has 0 aromatic rings. The topological polar surface area (TPSA) is 49.4 Å². The van der Waals surface area contributed by atoms with Crippen molar-refractivity contribution in [1.29, 1.82) is 0 Å². The zero-order valence-electron chi connectivity index (χ0n) is 11.3. The molecule has 1 fully saturated rings. The van der Waals surface area contributed by atoms with E-state index in [1.807, 2.05) is 6.92 Å². The summed E-state index contributed by atoms with van der Waals surface area (Å²) in [6.45, 7) is 9.11. The lowest BCUT2D eigenvalue weighted by atomic mass is 10.2. The second-order valence-electron chi connectivity index (χ2n) is 5.32. The lowest BCUT2D eigenvalue weighted by molar-refractivity contribution is 0.222. The standard InChI is InChI=1S/C12H26N2O2S/c1-11(2)13-6-4-5-7-14-8-9-17(15,16)10-12(14)3/h11-13H,4-10H2,1-3H3. The summed E-state index contributed by atoms with van der Waals surface area (Å²) in [4.78, 5) is 2.30. The van der Waals surface area contributed by atoms with E-state index in [1.165, 1.54) is 0 Å². The molecule has 0 spiro atoms. The molecule has 0 bridgehead atoms. The fraction of sp³-hybridized carbons (Fsp3) is 1.00. The minimum Gasteiger partial charge on any atom is -0.315 e. The van der Waals surface area contributed by atoms with Crippen molar-refractivity contribution in [2.75, 3.05) is 31.1 Å². The Hall–Kier alpha value is -0.130. The highest BCUT2D eigenvalue weighted by Gasteiger charge is 2.27. The summed E-state index contributed by atoms with van der Waals surface area (Å²) in [6.07, 6.45) is 2.30. The second-order valence-corrected chi connectivity index (χ2v) is 7.54. The van der Waals surface area contributed by atoms with E-state index in [4.69, 9.17) is 0 Å². The summed E-state index contributed by atoms with van der Waals surface area (Å²) in [5.41, 5.74) is 0. The normalized spacial score (nSPS) is 25.3. The third kappa shape index (κ3) is 5.84. The SMILES string of the molecule is CC(C)NCCCCN1CCS(=O)(=O)CC1C. The lowest BCUT2D eigenvalue weighted by Crippen LogP contribution is -2.47. The Morgan fingerprint density at radius 1 is 1.35 bits per heavy atom. The first kappa shape index (κ1) is 14.9. The fourth-order valence-electron chi connectivity index (χ4n) is 2.20. The first-order valence-electron chi connectivity index (χ1n) is 6.58. The van der Waals surface area contributed by atoms with Crippen LogP contribution in [0.5, 0.6) is 0 Å². The molecule has 0 aromatic carbocycles. The Morgan fingerprint density at radius 3 is 2.65 bits per heavy atom. The van der Waals surface area contributed by atoms with Gasteiger partial charge in [0.1, 0.15) is 0 Å². The van der Waals surface area contributed by atoms with Crippen LogP contribution in [0.25, 0.3) is 0 Å². The van der Waals surface area contributed by atoms with Gasteiger partial charge in [-0.3, -0.25) is 4.90 Å². The highest BCUT2D eigenvalue weighted by atomic mass is 32.2. The minimum absolute atomic E-state index is 0.187. The molecule has 1 saturated heterocycles. The van der Waals surface area contributed by atoms with Gasteiger partial charge in [0.05, 0.1) is 11.5 Å². The van der Waals surface area contributed by atoms with Crippen molar-refractivity contribution in [2.45, 2.75) is 45.7 Å². The number of hydrogen-bond donors (Lipinski definition) is 1. The number of nitrogens with one attached hydrogen (secondary N) is 1. The van der Waals surface area contributed by atoms with Crippen LogP contribution in [-0.4, -0.2) is 56.5 Å². The number of unbranched alkanes of at least 4 members (excludes halogenated alkanes) is 1. The lowest BCUT2D eigenvalue weighted by Gasteiger charge is -2.33. The highest BCUT2D eigenvalue weighted by molar-refractivity contribution is 7.91. The minimum atomic E-state index is -2.77. The van der Waals surface area contributed by atoms with Crippen LogP contribution in [0, 0.1) is 0 Å². The van der Waals surface area contributed by atoms with Gasteiger partial charge in [-0.15, -0.1) is 0 Å². The molecule has 5 heteroatoms. The van der Waals surface area contributed by atoms with Crippen LogP contribution < -0.4 is 5.32 Å². The number of rotatable bonds is 6. The van der Waals surface area contributed by atoms with E-state index in [-0.39, 0.29) is 6.04 Å². The van der Waals surface area contributed by atoms with Gasteiger partial charge in [0, 0.05) is 18.6 Å². The first-order valence-corrected chi connectivity index (χ1v) is 8.41. The predicted molar refractivity (Wildman–Crippen MR) is 72.1 cm³/mol. The Balaban J connectivity index is 2.16. The Bertz CT molecular complexity index is 314. The number of sulfone groups is 1. The molecular weight excluding hydrogens is 236 g/mol. The summed E-state index contributed by atoms with van der Waals surface area (Å²) in [7, 11) is -2.77. The van der Waals surface area contributed by atoms with Crippen LogP contribution >= 0.6 is 0 Å². The molecule has 0 aliphatic carbocycles. The van der Waals surface area contributed by atoms with Gasteiger partial charge in [0.15, 0.2) is 9.84 Å². The van der Waals surface area contributed by atoms with E-state index in [2.05, 4.69) is 24.1 Å².